The fourth-order valence-corrected chi connectivity index (χ4v) is 47.6. The van der Waals surface area contributed by atoms with Gasteiger partial charge in [0.15, 0.2) is 15.8 Å². The molecule has 0 saturated heterocycles. The quantitative estimate of drug-likeness (QED) is 0.0520. The van der Waals surface area contributed by atoms with Crippen LogP contribution in [0.15, 0.2) is 485 Å². The largest absolute Gasteiger partial charge is 0.355 e. The Morgan fingerprint density at radius 2 is 0.642 bits per heavy atom. The van der Waals surface area contributed by atoms with Crippen LogP contribution in [-0.2, 0) is 0 Å². The van der Waals surface area contributed by atoms with Crippen molar-refractivity contribution in [2.45, 2.75) is 0 Å². The van der Waals surface area contributed by atoms with Gasteiger partial charge in [-0.2, -0.15) is 0 Å². The maximum Gasteiger partial charge on any atom is 0.257 e. The number of rotatable bonds is 16. The summed E-state index contributed by atoms with van der Waals surface area (Å²) in [5.41, 5.74) is 16.1. The van der Waals surface area contributed by atoms with E-state index in [1.54, 1.807) is 0 Å². The van der Waals surface area contributed by atoms with Gasteiger partial charge in [-0.05, 0) is 166 Å². The van der Waals surface area contributed by atoms with E-state index in [9.17, 15) is 0 Å². The van der Waals surface area contributed by atoms with Gasteiger partial charge in [0.1, 0.15) is 0 Å². The maximum atomic E-state index is 2.87. The van der Waals surface area contributed by atoms with Crippen molar-refractivity contribution in [3.05, 3.63) is 485 Å². The first kappa shape index (κ1) is 73.1. The van der Waals surface area contributed by atoms with Crippen molar-refractivity contribution >= 4 is 206 Å². The Hall–Kier alpha value is -13.8. The molecule has 2 aliphatic heterocycles. The van der Waals surface area contributed by atoms with Crippen molar-refractivity contribution in [1.82, 2.24) is 13.4 Å². The van der Waals surface area contributed by atoms with Crippen LogP contribution in [0.2, 0.25) is 0 Å². The molecule has 2 aliphatic rings. The monoisotopic (exact) mass is 1650 g/mol. The van der Waals surface area contributed by atoms with Crippen molar-refractivity contribution in [3.63, 3.8) is 0 Å². The van der Waals surface area contributed by atoms with E-state index >= 15 is 0 Å². The molecule has 0 spiro atoms. The second-order valence-electron chi connectivity index (χ2n) is 32.8. The molecule has 0 amide bonds. The van der Waals surface area contributed by atoms with Gasteiger partial charge in [0.25, 0.3) is 8.24 Å². The molecule has 5 heterocycles. The van der Waals surface area contributed by atoms with Crippen LogP contribution in [0, 0.1) is 0 Å². The highest BCUT2D eigenvalue weighted by Crippen LogP contribution is 2.49. The fourth-order valence-electron chi connectivity index (χ4n) is 21.9. The third kappa shape index (κ3) is 11.1. The topological polar surface area (TPSA) is 14.8 Å². The molecule has 576 valence electrons. The lowest BCUT2D eigenvalue weighted by molar-refractivity contribution is 1.17. The van der Waals surface area contributed by atoms with Crippen molar-refractivity contribution < 1.29 is 0 Å². The molecule has 22 aromatic rings. The molecule has 0 fully saturated rings. The van der Waals surface area contributed by atoms with Crippen molar-refractivity contribution in [2.75, 3.05) is 0 Å². The fraction of sp³-hybridized carbons (Fsp3) is 0. The van der Waals surface area contributed by atoms with Crippen molar-refractivity contribution in [1.29, 1.82) is 0 Å². The van der Waals surface area contributed by atoms with Crippen molar-refractivity contribution in [2.24, 2.45) is 0 Å². The van der Waals surface area contributed by atoms with E-state index in [0.717, 1.165) is 22.4 Å². The van der Waals surface area contributed by atoms with E-state index in [1.165, 1.54) is 160 Å². The zero-order chi connectivity index (χ0) is 81.2. The van der Waals surface area contributed by atoms with Crippen LogP contribution in [-0.4, -0.2) is 44.1 Å². The van der Waals surface area contributed by atoms with Gasteiger partial charge in [0.05, 0.1) is 22.1 Å². The van der Waals surface area contributed by atoms with Crippen LogP contribution in [0.25, 0.3) is 87.9 Å². The molecule has 0 N–H and O–H groups in total. The van der Waals surface area contributed by atoms with Gasteiger partial charge in [0.2, 0.25) is 6.71 Å². The summed E-state index contributed by atoms with van der Waals surface area (Å²) < 4.78 is 7.94. The smallest absolute Gasteiger partial charge is 0.257 e. The molecule has 0 bridgehead atoms. The van der Waals surface area contributed by atoms with E-state index < -0.39 is 39.4 Å². The summed E-state index contributed by atoms with van der Waals surface area (Å²) in [6.45, 7) is -0.0198. The van der Waals surface area contributed by atoms with Crippen molar-refractivity contribution in [3.8, 4) is 22.5 Å². The minimum Gasteiger partial charge on any atom is -0.355 e. The summed E-state index contributed by atoms with van der Waals surface area (Å²) in [5, 5.41) is 28.1. The van der Waals surface area contributed by atoms with Gasteiger partial charge >= 0.3 is 0 Å². The minimum atomic E-state index is -3.59. The number of hydrogen-bond donors (Lipinski definition) is 0. The minimum absolute atomic E-state index is 0.0198. The third-order valence-electron chi connectivity index (χ3n) is 26.7. The van der Waals surface area contributed by atoms with E-state index in [0.29, 0.717) is 0 Å². The highest BCUT2D eigenvalue weighted by atomic mass is 31.4. The molecular formula is C114H80BN3P2Si3. The molecule has 3 aromatic heterocycles. The number of para-hydroxylation sites is 3. The average molecular weight is 1650 g/mol. The average Bonchev–Trinajstić information content (AvgIpc) is 1.01. The molecule has 2 atom stereocenters. The van der Waals surface area contributed by atoms with Crippen LogP contribution in [0.5, 0.6) is 0 Å². The first-order valence-corrected chi connectivity index (χ1v) is 52.2. The van der Waals surface area contributed by atoms with Gasteiger partial charge < -0.3 is 13.4 Å². The molecule has 2 unspecified atom stereocenters. The van der Waals surface area contributed by atoms with Crippen LogP contribution in [0.1, 0.15) is 0 Å². The zero-order valence-corrected chi connectivity index (χ0v) is 72.3. The first-order chi connectivity index (χ1) is 61.1. The number of benzene rings is 19. The molecular weight excluding hydrogens is 1570 g/mol. The van der Waals surface area contributed by atoms with E-state index in [4.69, 9.17) is 0 Å². The summed E-state index contributed by atoms with van der Waals surface area (Å²) in [6, 6.07) is 188. The van der Waals surface area contributed by atoms with Gasteiger partial charge in [-0.1, -0.05) is 441 Å². The predicted molar refractivity (Wildman–Crippen MR) is 537 cm³/mol. The van der Waals surface area contributed by atoms with Gasteiger partial charge in [-0.3, -0.25) is 0 Å². The number of aromatic nitrogens is 3. The molecule has 0 saturated carbocycles. The van der Waals surface area contributed by atoms with Crippen LogP contribution >= 0.6 is 15.4 Å². The Bertz CT molecular complexity index is 7540. The van der Waals surface area contributed by atoms with Crippen LogP contribution in [0.4, 0.5) is 0 Å². The molecule has 3 nitrogen and oxygen atoms in total. The highest BCUT2D eigenvalue weighted by molar-refractivity contribution is 8.11. The Morgan fingerprint density at radius 1 is 0.228 bits per heavy atom. The summed E-state index contributed by atoms with van der Waals surface area (Å²) in [5.74, 6) is 0. The lowest BCUT2D eigenvalue weighted by atomic mass is 9.36. The number of fused-ring (bicyclic) bond motifs is 13. The first-order valence-electron chi connectivity index (χ1n) is 42.7. The second-order valence-corrected chi connectivity index (χ2v) is 50.5. The molecule has 0 aliphatic carbocycles. The predicted octanol–water partition coefficient (Wildman–Crippen LogP) is 16.5. The molecule has 24 rings (SSSR count). The summed E-state index contributed by atoms with van der Waals surface area (Å²) in [4.78, 5) is 0. The molecule has 19 aromatic carbocycles. The molecule has 123 heavy (non-hydrogen) atoms. The number of nitrogens with zero attached hydrogens (tertiary/aromatic N) is 3. The highest BCUT2D eigenvalue weighted by Gasteiger charge is 2.55. The van der Waals surface area contributed by atoms with Crippen LogP contribution in [0.3, 0.4) is 0 Å². The van der Waals surface area contributed by atoms with E-state index in [1.807, 2.05) is 0 Å². The Labute approximate surface area is 722 Å². The van der Waals surface area contributed by atoms with E-state index in [2.05, 4.69) is 499 Å². The zero-order valence-electron chi connectivity index (χ0n) is 67.5. The Balaban J connectivity index is 0.756. The third-order valence-corrected chi connectivity index (χ3v) is 50.4. The maximum absolute atomic E-state index is 3.59. The van der Waals surface area contributed by atoms with Gasteiger partial charge in [-0.25, -0.2) is 0 Å². The second kappa shape index (κ2) is 29.8. The van der Waals surface area contributed by atoms with Gasteiger partial charge in [-0.15, -0.1) is 0 Å². The lowest BCUT2D eigenvalue weighted by Gasteiger charge is -2.48. The summed E-state index contributed by atoms with van der Waals surface area (Å²) >= 11 is 0. The summed E-state index contributed by atoms with van der Waals surface area (Å²) in [7, 11) is -11.8. The lowest BCUT2D eigenvalue weighted by Crippen LogP contribution is -2.77. The van der Waals surface area contributed by atoms with Gasteiger partial charge in [0, 0.05) is 54.7 Å². The van der Waals surface area contributed by atoms with E-state index in [-0.39, 0.29) is 6.71 Å². The SMILES string of the molecule is c1ccc(P2c3ccccc3B3c4cc(-c5cccc6c5c5ccccc5n6[Si](c5ccccc5)(c5ccccc5)c5cccc(-n6c7ccc(-n8c9ccccc9c9ccccc98)cc7c7cc([Si](c8ccccc8)(c8ccccc8)c8ccccc8)ccc76)c5)ccc4P([Si](c4ccccc4)(c4ccccc4)c4ccccc4)c4cccc2c43)cc1. The van der Waals surface area contributed by atoms with Crippen LogP contribution < -0.4 is 94.8 Å². The Kier molecular flexibility index (Phi) is 17.7. The Morgan fingerprint density at radius 3 is 1.21 bits per heavy atom. The molecule has 9 heteroatoms. The molecule has 0 radical (unpaired) electrons. The normalized spacial score (nSPS) is 13.8. The summed E-state index contributed by atoms with van der Waals surface area (Å²) in [6.07, 6.45) is 0. The standard InChI is InChI=1S/C114H80BN3P2Si3/c1-10-40-84(41-11-1)119-109-68-35-31-63-101(109)115-102-77-81(71-76-110(102)120(112-70-38-69-111(119)114(112)115)123(90-52-22-7-23-53-90,91-54-24-8-25-55-91)92-56-26-9-27-57-92)95-62-37-67-108-113(95)98-61-30-34-66-107(98)118(108)122(88-48-18-5-19-49-88,89-50-20-6-21-51-89)94-58-36-39-82(78-94)116-105-74-72-83(117-103-64-32-28-59-96(103)97-60-29-33-65-104(97)117)79-99(105)100-80-93(73-75-106(100)116)121(85-42-12-2-13-43-85,86-44-14-3-15-45-86)87-46-16-4-17-47-87/h1-80H. The number of hydrogen-bond acceptors (Lipinski definition) is 0.